The Bertz CT molecular complexity index is 844. The van der Waals surface area contributed by atoms with Gasteiger partial charge in [-0.25, -0.2) is 0 Å². The molecule has 0 radical (unpaired) electrons. The summed E-state index contributed by atoms with van der Waals surface area (Å²) in [4.78, 5) is 28.7. The van der Waals surface area contributed by atoms with Crippen LogP contribution >= 0.6 is 0 Å². The van der Waals surface area contributed by atoms with Crippen LogP contribution in [0.15, 0.2) is 36.5 Å². The van der Waals surface area contributed by atoms with E-state index in [0.29, 0.717) is 24.1 Å². The van der Waals surface area contributed by atoms with Gasteiger partial charge in [-0.05, 0) is 57.4 Å². The Labute approximate surface area is 164 Å². The fourth-order valence-electron chi connectivity index (χ4n) is 2.63. The Morgan fingerprint density at radius 2 is 1.89 bits per heavy atom. The molecule has 1 heterocycles. The van der Waals surface area contributed by atoms with Crippen molar-refractivity contribution in [3.8, 4) is 5.75 Å². The Morgan fingerprint density at radius 3 is 2.57 bits per heavy atom. The third-order valence-electron chi connectivity index (χ3n) is 3.88. The van der Waals surface area contributed by atoms with Crippen molar-refractivity contribution < 1.29 is 19.8 Å². The van der Waals surface area contributed by atoms with Gasteiger partial charge in [0.2, 0.25) is 5.91 Å². The van der Waals surface area contributed by atoms with Crippen LogP contribution in [0, 0.1) is 0 Å². The predicted octanol–water partition coefficient (Wildman–Crippen LogP) is 2.42. The summed E-state index contributed by atoms with van der Waals surface area (Å²) < 4.78 is 0. The smallest absolute Gasteiger partial charge is 0.270 e. The lowest BCUT2D eigenvalue weighted by Crippen LogP contribution is -2.40. The minimum atomic E-state index is -0.392. The number of amides is 2. The van der Waals surface area contributed by atoms with Crippen molar-refractivity contribution >= 4 is 17.5 Å². The number of carbonyl (C=O) groups excluding carboxylic acids is 2. The van der Waals surface area contributed by atoms with Crippen molar-refractivity contribution in [2.45, 2.75) is 45.6 Å². The second kappa shape index (κ2) is 9.32. The highest BCUT2D eigenvalue weighted by Crippen LogP contribution is 2.21. The largest absolute Gasteiger partial charge is 0.508 e. The van der Waals surface area contributed by atoms with Crippen molar-refractivity contribution in [2.75, 3.05) is 11.9 Å². The number of nitrogens with one attached hydrogen (secondary N) is 2. The first-order chi connectivity index (χ1) is 13.2. The van der Waals surface area contributed by atoms with Crippen LogP contribution in [-0.4, -0.2) is 39.2 Å². The number of anilines is 1. The topological polar surface area (TPSA) is 112 Å². The van der Waals surface area contributed by atoms with E-state index >= 15 is 0 Å². The monoisotopic (exact) mass is 385 g/mol. The summed E-state index contributed by atoms with van der Waals surface area (Å²) in [6.07, 6.45) is 2.74. The molecule has 2 aromatic rings. The molecule has 28 heavy (non-hydrogen) atoms. The van der Waals surface area contributed by atoms with Gasteiger partial charge >= 0.3 is 0 Å². The van der Waals surface area contributed by atoms with E-state index in [1.54, 1.807) is 24.3 Å². The Balaban J connectivity index is 2.05. The number of aliphatic hydroxyl groups is 1. The number of aliphatic hydroxyl groups excluding tert-OH is 1. The molecule has 4 N–H and O–H groups in total. The Hall–Kier alpha value is -2.93. The number of pyridine rings is 1. The van der Waals surface area contributed by atoms with Gasteiger partial charge in [-0.15, -0.1) is 0 Å². The standard InChI is InChI=1S/C21H27N3O4/c1-21(2,3)24-20(28)17-13-16(8-9-22-17)23-19(27)12-15-11-14(5-4-10-25)6-7-18(15)26/h6-9,11,13,25-26H,4-5,10,12H2,1-3H3,(H,24,28)(H,22,23,27). The fraction of sp³-hybridized carbons (Fsp3) is 0.381. The number of aryl methyl sites for hydroxylation is 1. The van der Waals surface area contributed by atoms with Crippen LogP contribution < -0.4 is 10.6 Å². The van der Waals surface area contributed by atoms with Crippen molar-refractivity contribution in [3.05, 3.63) is 53.3 Å². The maximum atomic E-state index is 12.4. The number of nitrogens with zero attached hydrogens (tertiary/aromatic N) is 1. The van der Waals surface area contributed by atoms with E-state index in [4.69, 9.17) is 5.11 Å². The van der Waals surface area contributed by atoms with Crippen molar-refractivity contribution in [2.24, 2.45) is 0 Å². The third kappa shape index (κ3) is 6.66. The molecular weight excluding hydrogens is 358 g/mol. The summed E-state index contributed by atoms with van der Waals surface area (Å²) in [6.45, 7) is 5.71. The number of carbonyl (C=O) groups is 2. The number of hydrogen-bond donors (Lipinski definition) is 4. The van der Waals surface area contributed by atoms with Gasteiger partial charge < -0.3 is 20.8 Å². The average molecular weight is 385 g/mol. The minimum Gasteiger partial charge on any atom is -0.508 e. The molecule has 0 aliphatic carbocycles. The molecule has 0 fully saturated rings. The maximum absolute atomic E-state index is 12.4. The maximum Gasteiger partial charge on any atom is 0.270 e. The molecule has 2 amide bonds. The second-order valence-corrected chi connectivity index (χ2v) is 7.65. The second-order valence-electron chi connectivity index (χ2n) is 7.65. The number of phenolic OH excluding ortho intramolecular Hbond substituents is 1. The van der Waals surface area contributed by atoms with E-state index in [0.717, 1.165) is 5.56 Å². The first-order valence-corrected chi connectivity index (χ1v) is 9.18. The van der Waals surface area contributed by atoms with Crippen LogP contribution in [0.5, 0.6) is 5.75 Å². The van der Waals surface area contributed by atoms with Crippen molar-refractivity contribution in [1.29, 1.82) is 0 Å². The number of hydrogen-bond acceptors (Lipinski definition) is 5. The molecule has 1 aromatic carbocycles. The molecule has 0 aliphatic rings. The SMILES string of the molecule is CC(C)(C)NC(=O)c1cc(NC(=O)Cc2cc(CCCO)ccc2O)ccn1. The zero-order valence-electron chi connectivity index (χ0n) is 16.5. The van der Waals surface area contributed by atoms with Gasteiger partial charge in [0.15, 0.2) is 0 Å². The summed E-state index contributed by atoms with van der Waals surface area (Å²) in [7, 11) is 0. The van der Waals surface area contributed by atoms with Crippen LogP contribution in [0.25, 0.3) is 0 Å². The van der Waals surface area contributed by atoms with E-state index < -0.39 is 5.54 Å². The zero-order chi connectivity index (χ0) is 20.7. The highest BCUT2D eigenvalue weighted by Gasteiger charge is 2.17. The van der Waals surface area contributed by atoms with Gasteiger partial charge in [-0.3, -0.25) is 14.6 Å². The number of phenols is 1. The molecule has 0 atom stereocenters. The first-order valence-electron chi connectivity index (χ1n) is 9.18. The van der Waals surface area contributed by atoms with Gasteiger partial charge in [-0.1, -0.05) is 12.1 Å². The summed E-state index contributed by atoms with van der Waals surface area (Å²) in [5, 5.41) is 24.5. The molecule has 1 aromatic heterocycles. The van der Waals surface area contributed by atoms with Crippen LogP contribution in [0.2, 0.25) is 0 Å². The molecule has 7 nitrogen and oxygen atoms in total. The van der Waals surface area contributed by atoms with Gasteiger partial charge in [0.05, 0.1) is 6.42 Å². The van der Waals surface area contributed by atoms with E-state index in [-0.39, 0.29) is 36.3 Å². The van der Waals surface area contributed by atoms with Crippen molar-refractivity contribution in [1.82, 2.24) is 10.3 Å². The van der Waals surface area contributed by atoms with Crippen LogP contribution in [0.3, 0.4) is 0 Å². The molecule has 7 heteroatoms. The molecule has 150 valence electrons. The molecule has 2 rings (SSSR count). The summed E-state index contributed by atoms with van der Waals surface area (Å²) >= 11 is 0. The first kappa shape index (κ1) is 21.4. The normalized spacial score (nSPS) is 11.1. The molecule has 0 bridgehead atoms. The molecule has 0 spiro atoms. The van der Waals surface area contributed by atoms with E-state index in [1.165, 1.54) is 12.3 Å². The Kier molecular flexibility index (Phi) is 7.12. The molecular formula is C21H27N3O4. The lowest BCUT2D eigenvalue weighted by molar-refractivity contribution is -0.115. The number of benzene rings is 1. The minimum absolute atomic E-state index is 0.00928. The van der Waals surface area contributed by atoms with Gasteiger partial charge in [0.25, 0.3) is 5.91 Å². The molecule has 0 unspecified atom stereocenters. The van der Waals surface area contributed by atoms with Crippen LogP contribution in [-0.2, 0) is 17.6 Å². The Morgan fingerprint density at radius 1 is 1.14 bits per heavy atom. The number of rotatable bonds is 7. The number of aromatic nitrogens is 1. The van der Waals surface area contributed by atoms with Gasteiger partial charge in [0.1, 0.15) is 11.4 Å². The average Bonchev–Trinajstić information content (AvgIpc) is 2.61. The zero-order valence-corrected chi connectivity index (χ0v) is 16.5. The highest BCUT2D eigenvalue weighted by molar-refractivity contribution is 5.96. The molecule has 0 saturated carbocycles. The quantitative estimate of drug-likeness (QED) is 0.585. The summed E-state index contributed by atoms with van der Waals surface area (Å²) in [5.41, 5.74) is 1.72. The van der Waals surface area contributed by atoms with Crippen molar-refractivity contribution in [3.63, 3.8) is 0 Å². The third-order valence-corrected chi connectivity index (χ3v) is 3.88. The summed E-state index contributed by atoms with van der Waals surface area (Å²) in [5.74, 6) is -0.594. The van der Waals surface area contributed by atoms with Crippen LogP contribution in [0.4, 0.5) is 5.69 Å². The van der Waals surface area contributed by atoms with Gasteiger partial charge in [0, 0.05) is 29.6 Å². The summed E-state index contributed by atoms with van der Waals surface area (Å²) in [6, 6.07) is 8.20. The lowest BCUT2D eigenvalue weighted by atomic mass is 10.0. The van der Waals surface area contributed by atoms with Gasteiger partial charge in [-0.2, -0.15) is 0 Å². The fourth-order valence-corrected chi connectivity index (χ4v) is 2.63. The molecule has 0 saturated heterocycles. The lowest BCUT2D eigenvalue weighted by Gasteiger charge is -2.20. The van der Waals surface area contributed by atoms with Crippen LogP contribution in [0.1, 0.15) is 48.8 Å². The van der Waals surface area contributed by atoms with E-state index in [2.05, 4.69) is 15.6 Å². The van der Waals surface area contributed by atoms with E-state index in [1.807, 2.05) is 20.8 Å². The molecule has 0 aliphatic heterocycles. The van der Waals surface area contributed by atoms with E-state index in [9.17, 15) is 14.7 Å². The highest BCUT2D eigenvalue weighted by atomic mass is 16.3. The predicted molar refractivity (Wildman–Crippen MR) is 107 cm³/mol. The number of aromatic hydroxyl groups is 1.